The number of pyridine rings is 1. The smallest absolute Gasteiger partial charge is 0.212 e. The highest BCUT2D eigenvalue weighted by Gasteiger charge is 2.05. The minimum atomic E-state index is 0.599. The molecule has 0 aliphatic heterocycles. The van der Waals surface area contributed by atoms with E-state index in [1.165, 1.54) is 0 Å². The van der Waals surface area contributed by atoms with E-state index in [9.17, 15) is 0 Å². The van der Waals surface area contributed by atoms with Crippen molar-refractivity contribution >= 4 is 11.6 Å². The van der Waals surface area contributed by atoms with E-state index in [0.29, 0.717) is 5.88 Å². The van der Waals surface area contributed by atoms with Gasteiger partial charge in [0.25, 0.3) is 0 Å². The van der Waals surface area contributed by atoms with Gasteiger partial charge in [-0.2, -0.15) is 0 Å². The molecule has 0 aliphatic rings. The van der Waals surface area contributed by atoms with Crippen molar-refractivity contribution in [3.8, 4) is 17.0 Å². The van der Waals surface area contributed by atoms with E-state index in [2.05, 4.69) is 16.4 Å². The van der Waals surface area contributed by atoms with Gasteiger partial charge >= 0.3 is 0 Å². The first-order chi connectivity index (χ1) is 8.74. The first-order valence-corrected chi connectivity index (χ1v) is 6.06. The number of rotatable bonds is 4. The lowest BCUT2D eigenvalue weighted by atomic mass is 10.1. The quantitative estimate of drug-likeness (QED) is 0.919. The molecule has 3 nitrogen and oxygen atoms in total. The highest BCUT2D eigenvalue weighted by atomic mass is 35.5. The molecular formula is C14H15ClN2O. The van der Waals surface area contributed by atoms with E-state index in [4.69, 9.17) is 16.3 Å². The Bertz CT molecular complexity index is 526. The Morgan fingerprint density at radius 2 is 2.11 bits per heavy atom. The van der Waals surface area contributed by atoms with Gasteiger partial charge in [-0.15, -0.1) is 0 Å². The summed E-state index contributed by atoms with van der Waals surface area (Å²) in [6.07, 6.45) is 1.76. The van der Waals surface area contributed by atoms with Crippen molar-refractivity contribution in [1.82, 2.24) is 10.3 Å². The van der Waals surface area contributed by atoms with Crippen LogP contribution in [0.1, 0.15) is 5.56 Å². The van der Waals surface area contributed by atoms with E-state index >= 15 is 0 Å². The first-order valence-electron chi connectivity index (χ1n) is 5.68. The zero-order valence-corrected chi connectivity index (χ0v) is 11.2. The normalized spacial score (nSPS) is 10.4. The molecule has 0 amide bonds. The van der Waals surface area contributed by atoms with Crippen molar-refractivity contribution in [2.24, 2.45) is 0 Å². The Hall–Kier alpha value is -1.58. The Labute approximate surface area is 112 Å². The van der Waals surface area contributed by atoms with Crippen LogP contribution in [0.2, 0.25) is 5.02 Å². The van der Waals surface area contributed by atoms with Crippen molar-refractivity contribution < 1.29 is 4.74 Å². The molecule has 0 saturated heterocycles. The molecule has 1 N–H and O–H groups in total. The summed E-state index contributed by atoms with van der Waals surface area (Å²) >= 11 is 6.29. The van der Waals surface area contributed by atoms with Gasteiger partial charge in [0.1, 0.15) is 0 Å². The summed E-state index contributed by atoms with van der Waals surface area (Å²) in [5, 5.41) is 3.83. The maximum absolute atomic E-state index is 6.29. The zero-order valence-electron chi connectivity index (χ0n) is 10.4. The van der Waals surface area contributed by atoms with Crippen LogP contribution in [0.25, 0.3) is 11.1 Å². The van der Waals surface area contributed by atoms with Crippen LogP contribution < -0.4 is 10.1 Å². The maximum atomic E-state index is 6.29. The second-order valence-electron chi connectivity index (χ2n) is 3.93. The lowest BCUT2D eigenvalue weighted by molar-refractivity contribution is 0.398. The van der Waals surface area contributed by atoms with Crippen LogP contribution in [-0.2, 0) is 6.54 Å². The van der Waals surface area contributed by atoms with Crippen molar-refractivity contribution in [3.63, 3.8) is 0 Å². The van der Waals surface area contributed by atoms with Gasteiger partial charge in [0.05, 0.1) is 7.11 Å². The topological polar surface area (TPSA) is 34.1 Å². The number of ether oxygens (including phenoxy) is 1. The molecule has 2 rings (SSSR count). The first kappa shape index (κ1) is 12.9. The summed E-state index contributed by atoms with van der Waals surface area (Å²) in [5.74, 6) is 0.599. The van der Waals surface area contributed by atoms with Crippen LogP contribution in [0.3, 0.4) is 0 Å². The number of methoxy groups -OCH3 is 1. The van der Waals surface area contributed by atoms with Crippen molar-refractivity contribution in [3.05, 3.63) is 47.1 Å². The van der Waals surface area contributed by atoms with Crippen LogP contribution in [-0.4, -0.2) is 19.1 Å². The summed E-state index contributed by atoms with van der Waals surface area (Å²) in [4.78, 5) is 4.18. The van der Waals surface area contributed by atoms with Gasteiger partial charge in [0.15, 0.2) is 0 Å². The minimum absolute atomic E-state index is 0.599. The zero-order chi connectivity index (χ0) is 13.0. The van der Waals surface area contributed by atoms with Crippen molar-refractivity contribution in [2.75, 3.05) is 14.2 Å². The molecule has 0 fully saturated rings. The van der Waals surface area contributed by atoms with Crippen LogP contribution in [0.15, 0.2) is 36.5 Å². The Morgan fingerprint density at radius 1 is 1.28 bits per heavy atom. The van der Waals surface area contributed by atoms with Gasteiger partial charge in [-0.05, 0) is 24.7 Å². The Kier molecular flexibility index (Phi) is 4.18. The summed E-state index contributed by atoms with van der Waals surface area (Å²) < 4.78 is 5.03. The summed E-state index contributed by atoms with van der Waals surface area (Å²) in [7, 11) is 3.51. The number of nitrogens with one attached hydrogen (secondary N) is 1. The average Bonchev–Trinajstić information content (AvgIpc) is 2.40. The number of halogens is 1. The lowest BCUT2D eigenvalue weighted by Gasteiger charge is -2.07. The molecule has 4 heteroatoms. The fourth-order valence-corrected chi connectivity index (χ4v) is 2.08. The predicted octanol–water partition coefficient (Wildman–Crippen LogP) is 3.13. The van der Waals surface area contributed by atoms with Crippen LogP contribution in [0.4, 0.5) is 0 Å². The van der Waals surface area contributed by atoms with E-state index in [1.54, 1.807) is 13.3 Å². The molecule has 0 bridgehead atoms. The van der Waals surface area contributed by atoms with E-state index in [-0.39, 0.29) is 0 Å². The molecule has 0 spiro atoms. The molecule has 0 saturated carbocycles. The number of benzene rings is 1. The molecule has 0 aliphatic carbocycles. The molecule has 0 unspecified atom stereocenters. The number of hydrogen-bond acceptors (Lipinski definition) is 3. The van der Waals surface area contributed by atoms with Gasteiger partial charge < -0.3 is 10.1 Å². The lowest BCUT2D eigenvalue weighted by Crippen LogP contribution is -2.04. The molecule has 18 heavy (non-hydrogen) atoms. The fraction of sp³-hybridized carbons (Fsp3) is 0.214. The van der Waals surface area contributed by atoms with E-state index in [0.717, 1.165) is 28.3 Å². The molecule has 1 aromatic heterocycles. The van der Waals surface area contributed by atoms with Gasteiger partial charge in [-0.3, -0.25) is 0 Å². The van der Waals surface area contributed by atoms with Crippen LogP contribution in [0, 0.1) is 0 Å². The van der Waals surface area contributed by atoms with Gasteiger partial charge in [-0.25, -0.2) is 4.98 Å². The third kappa shape index (κ3) is 2.81. The van der Waals surface area contributed by atoms with Crippen LogP contribution in [0.5, 0.6) is 5.88 Å². The number of nitrogens with zero attached hydrogens (tertiary/aromatic N) is 1. The monoisotopic (exact) mass is 262 g/mol. The Balaban J connectivity index is 2.32. The predicted molar refractivity (Wildman–Crippen MR) is 74.0 cm³/mol. The third-order valence-electron chi connectivity index (χ3n) is 2.67. The SMILES string of the molecule is CNCc1ccc(-c2ccc(OC)nc2)c(Cl)c1. The maximum Gasteiger partial charge on any atom is 0.212 e. The summed E-state index contributed by atoms with van der Waals surface area (Å²) in [6, 6.07) is 9.82. The third-order valence-corrected chi connectivity index (χ3v) is 2.98. The standard InChI is InChI=1S/C14H15ClN2O/c1-16-8-10-3-5-12(13(15)7-10)11-4-6-14(18-2)17-9-11/h3-7,9,16H,8H2,1-2H3. The fourth-order valence-electron chi connectivity index (χ4n) is 1.77. The van der Waals surface area contributed by atoms with Crippen molar-refractivity contribution in [2.45, 2.75) is 6.54 Å². The average molecular weight is 263 g/mol. The summed E-state index contributed by atoms with van der Waals surface area (Å²) in [5.41, 5.74) is 3.12. The highest BCUT2D eigenvalue weighted by Crippen LogP contribution is 2.29. The van der Waals surface area contributed by atoms with Crippen LogP contribution >= 0.6 is 11.6 Å². The number of aromatic nitrogens is 1. The van der Waals surface area contributed by atoms with Crippen molar-refractivity contribution in [1.29, 1.82) is 0 Å². The number of hydrogen-bond donors (Lipinski definition) is 1. The molecule has 0 atom stereocenters. The Morgan fingerprint density at radius 3 is 2.67 bits per heavy atom. The second kappa shape index (κ2) is 5.85. The molecular weight excluding hydrogens is 248 g/mol. The van der Waals surface area contributed by atoms with Gasteiger partial charge in [0.2, 0.25) is 5.88 Å². The van der Waals surface area contributed by atoms with Gasteiger partial charge in [-0.1, -0.05) is 23.7 Å². The second-order valence-corrected chi connectivity index (χ2v) is 4.34. The highest BCUT2D eigenvalue weighted by molar-refractivity contribution is 6.33. The minimum Gasteiger partial charge on any atom is -0.481 e. The molecule has 1 heterocycles. The summed E-state index contributed by atoms with van der Waals surface area (Å²) in [6.45, 7) is 0.806. The largest absolute Gasteiger partial charge is 0.481 e. The molecule has 2 aromatic rings. The van der Waals surface area contributed by atoms with Gasteiger partial charge in [0, 0.05) is 35.0 Å². The van der Waals surface area contributed by atoms with E-state index < -0.39 is 0 Å². The van der Waals surface area contributed by atoms with E-state index in [1.807, 2.05) is 31.3 Å². The molecule has 94 valence electrons. The molecule has 0 radical (unpaired) electrons. The molecule has 1 aromatic carbocycles.